The van der Waals surface area contributed by atoms with Gasteiger partial charge in [0.2, 0.25) is 10.0 Å². The minimum absolute atomic E-state index is 0.175. The van der Waals surface area contributed by atoms with Crippen molar-refractivity contribution in [3.63, 3.8) is 0 Å². The molecule has 1 amide bonds. The van der Waals surface area contributed by atoms with Crippen molar-refractivity contribution < 1.29 is 22.7 Å². The molecule has 7 nitrogen and oxygen atoms in total. The van der Waals surface area contributed by atoms with E-state index in [1.54, 1.807) is 31.4 Å². The Bertz CT molecular complexity index is 1410. The van der Waals surface area contributed by atoms with Gasteiger partial charge in [-0.05, 0) is 74.7 Å². The zero-order valence-corrected chi connectivity index (χ0v) is 23.0. The number of ether oxygens (including phenoxy) is 2. The van der Waals surface area contributed by atoms with Gasteiger partial charge in [-0.2, -0.15) is 0 Å². The molecule has 0 aromatic heterocycles. The molecule has 1 atom stereocenters. The fourth-order valence-corrected chi connectivity index (χ4v) is 5.56. The summed E-state index contributed by atoms with van der Waals surface area (Å²) < 4.78 is 38.1. The molecule has 0 aliphatic carbocycles. The number of amides is 1. The van der Waals surface area contributed by atoms with E-state index in [1.807, 2.05) is 64.1 Å². The quantitative estimate of drug-likeness (QED) is 0.455. The lowest BCUT2D eigenvalue weighted by molar-refractivity contribution is 0.0617. The van der Waals surface area contributed by atoms with Crippen LogP contribution in [0.5, 0.6) is 11.5 Å². The highest BCUT2D eigenvalue weighted by molar-refractivity contribution is 7.92. The van der Waals surface area contributed by atoms with E-state index < -0.39 is 15.6 Å². The highest BCUT2D eigenvalue weighted by atomic mass is 32.2. The summed E-state index contributed by atoms with van der Waals surface area (Å²) in [6.45, 7) is 7.99. The Morgan fingerprint density at radius 1 is 1.08 bits per heavy atom. The van der Waals surface area contributed by atoms with E-state index in [2.05, 4.69) is 5.32 Å². The Labute approximate surface area is 219 Å². The molecule has 1 N–H and O–H groups in total. The summed E-state index contributed by atoms with van der Waals surface area (Å²) in [6, 6.07) is 18.2. The van der Waals surface area contributed by atoms with Crippen LogP contribution in [0.25, 0.3) is 0 Å². The van der Waals surface area contributed by atoms with Gasteiger partial charge in [0.1, 0.15) is 17.1 Å². The molecule has 0 saturated heterocycles. The molecule has 0 bridgehead atoms. The molecule has 1 aliphatic heterocycles. The highest BCUT2D eigenvalue weighted by Gasteiger charge is 2.35. The normalized spacial score (nSPS) is 16.3. The van der Waals surface area contributed by atoms with Gasteiger partial charge in [0.05, 0.1) is 31.6 Å². The number of hydrogen-bond donors (Lipinski definition) is 1. The highest BCUT2D eigenvalue weighted by Crippen LogP contribution is 2.41. The van der Waals surface area contributed by atoms with Crippen LogP contribution in [-0.2, 0) is 16.6 Å². The van der Waals surface area contributed by atoms with Crippen molar-refractivity contribution in [1.82, 2.24) is 5.32 Å². The molecule has 1 aliphatic rings. The van der Waals surface area contributed by atoms with E-state index in [0.29, 0.717) is 29.2 Å². The largest absolute Gasteiger partial charge is 0.497 e. The molecule has 4 rings (SSSR count). The third-order valence-corrected chi connectivity index (χ3v) is 7.69. The van der Waals surface area contributed by atoms with Crippen molar-refractivity contribution in [2.24, 2.45) is 0 Å². The molecule has 0 radical (unpaired) electrons. The molecule has 196 valence electrons. The smallest absolute Gasteiger partial charge is 0.251 e. The second-order valence-corrected chi connectivity index (χ2v) is 12.2. The third kappa shape index (κ3) is 6.07. The number of fused-ring (bicyclic) bond motifs is 1. The maximum atomic E-state index is 13.2. The van der Waals surface area contributed by atoms with Gasteiger partial charge in [0.25, 0.3) is 5.91 Å². The summed E-state index contributed by atoms with van der Waals surface area (Å²) in [6.07, 6.45) is 1.83. The first-order valence-corrected chi connectivity index (χ1v) is 14.0. The number of carbonyl (C=O) groups excluding carboxylic acids is 1. The van der Waals surface area contributed by atoms with Gasteiger partial charge < -0.3 is 14.8 Å². The van der Waals surface area contributed by atoms with Gasteiger partial charge in [-0.3, -0.25) is 9.10 Å². The van der Waals surface area contributed by atoms with E-state index in [1.165, 1.54) is 10.6 Å². The summed E-state index contributed by atoms with van der Waals surface area (Å²) in [4.78, 5) is 13.2. The van der Waals surface area contributed by atoms with Crippen LogP contribution in [0.2, 0.25) is 0 Å². The second kappa shape index (κ2) is 10.1. The fourth-order valence-electron chi connectivity index (χ4n) is 4.63. The summed E-state index contributed by atoms with van der Waals surface area (Å²) in [7, 11) is -1.91. The minimum Gasteiger partial charge on any atom is -0.497 e. The van der Waals surface area contributed by atoms with Gasteiger partial charge in [-0.1, -0.05) is 24.3 Å². The predicted octanol–water partition coefficient (Wildman–Crippen LogP) is 5.31. The summed E-state index contributed by atoms with van der Waals surface area (Å²) >= 11 is 0. The molecule has 1 unspecified atom stereocenters. The minimum atomic E-state index is -3.51. The van der Waals surface area contributed by atoms with E-state index in [-0.39, 0.29) is 18.5 Å². The Balaban J connectivity index is 1.53. The average Bonchev–Trinajstić information content (AvgIpc) is 2.82. The van der Waals surface area contributed by atoms with Crippen LogP contribution in [0.15, 0.2) is 60.7 Å². The first kappa shape index (κ1) is 26.5. The summed E-state index contributed by atoms with van der Waals surface area (Å²) in [5, 5.41) is 3.14. The van der Waals surface area contributed by atoms with Crippen molar-refractivity contribution in [2.45, 2.75) is 52.3 Å². The first-order valence-electron chi connectivity index (χ1n) is 12.2. The van der Waals surface area contributed by atoms with Crippen LogP contribution in [0.4, 0.5) is 5.69 Å². The number of rotatable bonds is 7. The zero-order valence-electron chi connectivity index (χ0n) is 22.2. The van der Waals surface area contributed by atoms with Crippen LogP contribution >= 0.6 is 0 Å². The maximum Gasteiger partial charge on any atom is 0.251 e. The van der Waals surface area contributed by atoms with Gasteiger partial charge in [0.15, 0.2) is 0 Å². The fraction of sp³-hybridized carbons (Fsp3) is 0.345. The number of nitrogens with one attached hydrogen (secondary N) is 1. The summed E-state index contributed by atoms with van der Waals surface area (Å²) in [5.41, 5.74) is 4.25. The van der Waals surface area contributed by atoms with Crippen LogP contribution in [0.3, 0.4) is 0 Å². The Morgan fingerprint density at radius 2 is 1.78 bits per heavy atom. The molecular weight excluding hydrogens is 488 g/mol. The van der Waals surface area contributed by atoms with Crippen LogP contribution in [0.1, 0.15) is 58.9 Å². The van der Waals surface area contributed by atoms with Crippen molar-refractivity contribution in [3.8, 4) is 11.5 Å². The number of nitrogens with zero attached hydrogens (tertiary/aromatic N) is 1. The number of anilines is 1. The van der Waals surface area contributed by atoms with Crippen LogP contribution in [-0.4, -0.2) is 33.3 Å². The third-order valence-electron chi connectivity index (χ3n) is 6.56. The summed E-state index contributed by atoms with van der Waals surface area (Å²) in [5.74, 6) is 1.19. The molecule has 1 heterocycles. The molecule has 0 spiro atoms. The number of hydrogen-bond acceptors (Lipinski definition) is 5. The van der Waals surface area contributed by atoms with Gasteiger partial charge in [-0.25, -0.2) is 8.42 Å². The zero-order chi connectivity index (χ0) is 27.0. The number of sulfonamides is 1. The number of methoxy groups -OCH3 is 1. The molecule has 3 aromatic rings. The monoisotopic (exact) mass is 522 g/mol. The molecular formula is C29H34N2O5S. The Hall–Kier alpha value is -3.52. The molecule has 0 saturated carbocycles. The molecule has 0 fully saturated rings. The number of carbonyl (C=O) groups is 1. The standard InChI is InChI=1S/C29H34N2O5S/c1-19-7-8-20(2)26(15-19)31(37(6,33)34)18-21-9-11-22(12-10-21)28(32)30-25-17-29(3,4)36-27-16-23(35-5)13-14-24(25)27/h7-16,25H,17-18H2,1-6H3,(H,30,32). The SMILES string of the molecule is COc1ccc2c(c1)OC(C)(C)CC2NC(=O)c1ccc(CN(c2cc(C)ccc2C)S(C)(=O)=O)cc1. The van der Waals surface area contributed by atoms with E-state index in [9.17, 15) is 13.2 Å². The lowest BCUT2D eigenvalue weighted by atomic mass is 9.89. The topological polar surface area (TPSA) is 84.9 Å². The average molecular weight is 523 g/mol. The second-order valence-electron chi connectivity index (χ2n) is 10.3. The van der Waals surface area contributed by atoms with Crippen molar-refractivity contribution in [3.05, 3.63) is 88.5 Å². The Kier molecular flexibility index (Phi) is 7.24. The van der Waals surface area contributed by atoms with E-state index in [4.69, 9.17) is 9.47 Å². The van der Waals surface area contributed by atoms with Gasteiger partial charge in [-0.15, -0.1) is 0 Å². The first-order chi connectivity index (χ1) is 17.4. The Morgan fingerprint density at radius 3 is 2.43 bits per heavy atom. The lowest BCUT2D eigenvalue weighted by Gasteiger charge is -2.38. The van der Waals surface area contributed by atoms with Crippen LogP contribution < -0.4 is 19.1 Å². The van der Waals surface area contributed by atoms with Gasteiger partial charge >= 0.3 is 0 Å². The molecule has 3 aromatic carbocycles. The lowest BCUT2D eigenvalue weighted by Crippen LogP contribution is -2.41. The van der Waals surface area contributed by atoms with Gasteiger partial charge in [0, 0.05) is 23.6 Å². The predicted molar refractivity (Wildman–Crippen MR) is 146 cm³/mol. The molecule has 37 heavy (non-hydrogen) atoms. The number of aryl methyl sites for hydroxylation is 2. The van der Waals surface area contributed by atoms with Crippen molar-refractivity contribution >= 4 is 21.6 Å². The van der Waals surface area contributed by atoms with Crippen LogP contribution in [0, 0.1) is 13.8 Å². The van der Waals surface area contributed by atoms with E-state index >= 15 is 0 Å². The van der Waals surface area contributed by atoms with Crippen molar-refractivity contribution in [1.29, 1.82) is 0 Å². The van der Waals surface area contributed by atoms with Crippen molar-refractivity contribution in [2.75, 3.05) is 17.7 Å². The number of benzene rings is 3. The van der Waals surface area contributed by atoms with E-state index in [0.717, 1.165) is 22.3 Å². The maximum absolute atomic E-state index is 13.2. The molecule has 8 heteroatoms.